The van der Waals surface area contributed by atoms with Crippen LogP contribution in [0.1, 0.15) is 18.1 Å². The Labute approximate surface area is 128 Å². The van der Waals surface area contributed by atoms with Crippen molar-refractivity contribution in [2.45, 2.75) is 24.9 Å². The van der Waals surface area contributed by atoms with Gasteiger partial charge in [-0.05, 0) is 24.6 Å². The quantitative estimate of drug-likeness (QED) is 0.916. The van der Waals surface area contributed by atoms with Gasteiger partial charge in [-0.1, -0.05) is 25.1 Å². The molecule has 1 fully saturated rings. The summed E-state index contributed by atoms with van der Waals surface area (Å²) in [6.45, 7) is 3.23. The van der Waals surface area contributed by atoms with Gasteiger partial charge in [0.2, 0.25) is 10.0 Å². The third-order valence-corrected chi connectivity index (χ3v) is 5.15. The Morgan fingerprint density at radius 1 is 1.27 bits per heavy atom. The fourth-order valence-electron chi connectivity index (χ4n) is 2.76. The van der Waals surface area contributed by atoms with Crippen LogP contribution in [0.3, 0.4) is 0 Å². The molecule has 0 unspecified atom stereocenters. The molecule has 2 rings (SSSR count). The summed E-state index contributed by atoms with van der Waals surface area (Å²) in [6.07, 6.45) is -4.56. The monoisotopic (exact) mass is 336 g/mol. The van der Waals surface area contributed by atoms with Crippen LogP contribution in [0.4, 0.5) is 13.2 Å². The number of nitrogens with zero attached hydrogens (tertiary/aromatic N) is 1. The van der Waals surface area contributed by atoms with Gasteiger partial charge in [0, 0.05) is 19.1 Å². The predicted molar refractivity (Wildman–Crippen MR) is 77.7 cm³/mol. The Morgan fingerprint density at radius 3 is 2.45 bits per heavy atom. The Hall–Kier alpha value is -1.12. The summed E-state index contributed by atoms with van der Waals surface area (Å²) in [7, 11) is -1.96. The molecule has 1 aromatic carbocycles. The van der Waals surface area contributed by atoms with Crippen LogP contribution in [0.25, 0.3) is 0 Å². The van der Waals surface area contributed by atoms with E-state index in [-0.39, 0.29) is 17.5 Å². The molecule has 1 aromatic rings. The van der Waals surface area contributed by atoms with E-state index in [4.69, 9.17) is 0 Å². The number of likely N-dealkylation sites (N-methyl/N-ethyl adjacent to an activating group) is 1. The van der Waals surface area contributed by atoms with E-state index in [1.54, 1.807) is 0 Å². The lowest BCUT2D eigenvalue weighted by atomic mass is 10.1. The van der Waals surface area contributed by atoms with E-state index >= 15 is 0 Å². The molecule has 4 nitrogen and oxygen atoms in total. The highest BCUT2D eigenvalue weighted by Gasteiger charge is 2.35. The average Bonchev–Trinajstić information content (AvgIpc) is 2.65. The Bertz CT molecular complexity index is 631. The molecule has 0 spiro atoms. The topological polar surface area (TPSA) is 49.4 Å². The Balaban J connectivity index is 2.16. The van der Waals surface area contributed by atoms with Crippen LogP contribution in [0.2, 0.25) is 0 Å². The van der Waals surface area contributed by atoms with Crippen molar-refractivity contribution in [2.75, 3.05) is 20.1 Å². The highest BCUT2D eigenvalue weighted by atomic mass is 32.2. The molecule has 2 atom stereocenters. The summed E-state index contributed by atoms with van der Waals surface area (Å²) in [6, 6.07) is 4.49. The van der Waals surface area contributed by atoms with Crippen molar-refractivity contribution in [3.05, 3.63) is 35.4 Å². The molecule has 124 valence electrons. The molecule has 1 aliphatic rings. The maximum atomic E-state index is 12.9. The molecule has 1 N–H and O–H groups in total. The minimum atomic E-state index is -4.56. The van der Waals surface area contributed by atoms with Crippen LogP contribution < -0.4 is 4.72 Å². The highest BCUT2D eigenvalue weighted by Crippen LogP contribution is 2.32. The second-order valence-electron chi connectivity index (χ2n) is 5.84. The van der Waals surface area contributed by atoms with Crippen molar-refractivity contribution < 1.29 is 21.6 Å². The molecule has 0 radical (unpaired) electrons. The van der Waals surface area contributed by atoms with Crippen LogP contribution in [0.15, 0.2) is 24.3 Å². The maximum absolute atomic E-state index is 12.9. The first-order chi connectivity index (χ1) is 10.1. The Morgan fingerprint density at radius 2 is 1.91 bits per heavy atom. The number of likely N-dealkylation sites (tertiary alicyclic amines) is 1. The minimum Gasteiger partial charge on any atom is -0.304 e. The first kappa shape index (κ1) is 17.2. The first-order valence-electron chi connectivity index (χ1n) is 6.92. The zero-order chi connectivity index (χ0) is 16.5. The van der Waals surface area contributed by atoms with Crippen molar-refractivity contribution in [1.29, 1.82) is 0 Å². The number of hydrogen-bond donors (Lipinski definition) is 1. The maximum Gasteiger partial charge on any atom is 0.416 e. The van der Waals surface area contributed by atoms with Crippen molar-refractivity contribution >= 4 is 10.0 Å². The van der Waals surface area contributed by atoms with E-state index in [0.717, 1.165) is 12.6 Å². The summed E-state index contributed by atoms with van der Waals surface area (Å²) in [5, 5.41) is 0. The molecule has 0 amide bonds. The van der Waals surface area contributed by atoms with Gasteiger partial charge in [0.05, 0.1) is 11.3 Å². The number of nitrogens with one attached hydrogen (secondary N) is 1. The number of benzene rings is 1. The van der Waals surface area contributed by atoms with Gasteiger partial charge in [0.1, 0.15) is 0 Å². The second kappa shape index (κ2) is 6.17. The second-order valence-corrected chi connectivity index (χ2v) is 7.59. The molecule has 1 aliphatic heterocycles. The molecular weight excluding hydrogens is 317 g/mol. The molecule has 1 saturated heterocycles. The van der Waals surface area contributed by atoms with Crippen molar-refractivity contribution in [2.24, 2.45) is 5.92 Å². The predicted octanol–water partition coefficient (Wildman–Crippen LogP) is 2.07. The van der Waals surface area contributed by atoms with Crippen LogP contribution >= 0.6 is 0 Å². The number of alkyl halides is 3. The summed E-state index contributed by atoms with van der Waals surface area (Å²) < 4.78 is 65.7. The lowest BCUT2D eigenvalue weighted by Crippen LogP contribution is -2.40. The molecule has 0 saturated carbocycles. The van der Waals surface area contributed by atoms with Crippen molar-refractivity contribution in [3.63, 3.8) is 0 Å². The smallest absolute Gasteiger partial charge is 0.304 e. The fourth-order valence-corrected chi connectivity index (χ4v) is 4.27. The zero-order valence-electron chi connectivity index (χ0n) is 12.4. The summed E-state index contributed by atoms with van der Waals surface area (Å²) >= 11 is 0. The van der Waals surface area contributed by atoms with E-state index in [2.05, 4.69) is 4.72 Å². The van der Waals surface area contributed by atoms with Gasteiger partial charge < -0.3 is 4.90 Å². The van der Waals surface area contributed by atoms with Gasteiger partial charge in [-0.25, -0.2) is 13.1 Å². The van der Waals surface area contributed by atoms with Gasteiger partial charge in [-0.2, -0.15) is 13.2 Å². The molecule has 22 heavy (non-hydrogen) atoms. The third kappa shape index (κ3) is 4.21. The van der Waals surface area contributed by atoms with E-state index in [0.29, 0.717) is 6.54 Å². The SMILES string of the molecule is C[C@@H]1CN(C)C[C@@H]1NS(=O)(=O)Cc1ccccc1C(F)(F)F. The van der Waals surface area contributed by atoms with Gasteiger partial charge in [-0.3, -0.25) is 0 Å². The normalized spacial score (nSPS) is 23.9. The fraction of sp³-hybridized carbons (Fsp3) is 0.571. The largest absolute Gasteiger partial charge is 0.416 e. The van der Waals surface area contributed by atoms with Crippen LogP contribution in [0, 0.1) is 5.92 Å². The summed E-state index contributed by atoms with van der Waals surface area (Å²) in [5.41, 5.74) is -1.14. The van der Waals surface area contributed by atoms with Crippen LogP contribution in [-0.2, 0) is 22.0 Å². The molecule has 0 bridgehead atoms. The first-order valence-corrected chi connectivity index (χ1v) is 8.57. The zero-order valence-corrected chi connectivity index (χ0v) is 13.2. The molecule has 8 heteroatoms. The van der Waals surface area contributed by atoms with Crippen LogP contribution in [0.5, 0.6) is 0 Å². The molecule has 1 heterocycles. The molecule has 0 aromatic heterocycles. The number of rotatable bonds is 4. The Kier molecular flexibility index (Phi) is 4.84. The minimum absolute atomic E-state index is 0.123. The third-order valence-electron chi connectivity index (χ3n) is 3.79. The van der Waals surface area contributed by atoms with Crippen LogP contribution in [-0.4, -0.2) is 39.5 Å². The lowest BCUT2D eigenvalue weighted by Gasteiger charge is -2.18. The highest BCUT2D eigenvalue weighted by molar-refractivity contribution is 7.88. The number of sulfonamides is 1. The number of halogens is 3. The van der Waals surface area contributed by atoms with Gasteiger partial charge in [0.15, 0.2) is 0 Å². The molecule has 0 aliphatic carbocycles. The van der Waals surface area contributed by atoms with E-state index < -0.39 is 27.5 Å². The molecular formula is C14H19F3N2O2S. The number of hydrogen-bond acceptors (Lipinski definition) is 3. The summed E-state index contributed by atoms with van der Waals surface area (Å²) in [4.78, 5) is 1.99. The van der Waals surface area contributed by atoms with Gasteiger partial charge in [0.25, 0.3) is 0 Å². The van der Waals surface area contributed by atoms with E-state index in [1.807, 2.05) is 18.9 Å². The standard InChI is InChI=1S/C14H19F3N2O2S/c1-10-7-19(2)8-13(10)18-22(20,21)9-11-5-3-4-6-12(11)14(15,16)17/h3-6,10,13,18H,7-9H2,1-2H3/t10-,13+/m1/s1. The van der Waals surface area contributed by atoms with E-state index in [1.165, 1.54) is 18.2 Å². The van der Waals surface area contributed by atoms with Crippen molar-refractivity contribution in [1.82, 2.24) is 9.62 Å². The summed E-state index contributed by atoms with van der Waals surface area (Å²) in [5.74, 6) is -0.548. The van der Waals surface area contributed by atoms with Gasteiger partial charge >= 0.3 is 6.18 Å². The van der Waals surface area contributed by atoms with E-state index in [9.17, 15) is 21.6 Å². The van der Waals surface area contributed by atoms with Crippen molar-refractivity contribution in [3.8, 4) is 0 Å². The van der Waals surface area contributed by atoms with Gasteiger partial charge in [-0.15, -0.1) is 0 Å². The average molecular weight is 336 g/mol. The lowest BCUT2D eigenvalue weighted by molar-refractivity contribution is -0.138.